The summed E-state index contributed by atoms with van der Waals surface area (Å²) in [5.74, 6) is 0.582. The summed E-state index contributed by atoms with van der Waals surface area (Å²) >= 11 is 0. The molecule has 1 aromatic carbocycles. The van der Waals surface area contributed by atoms with Gasteiger partial charge in [-0.15, -0.1) is 0 Å². The van der Waals surface area contributed by atoms with Gasteiger partial charge in [0.25, 0.3) is 5.91 Å². The molecule has 2 rings (SSSR count). The summed E-state index contributed by atoms with van der Waals surface area (Å²) in [6.07, 6.45) is -0.483. The molecule has 0 unspecified atom stereocenters. The zero-order valence-corrected chi connectivity index (χ0v) is 21.5. The number of nitrogens with zero attached hydrogens (tertiary/aromatic N) is 2. The molecule has 1 N–H and O–H groups in total. The van der Waals surface area contributed by atoms with Crippen molar-refractivity contribution in [1.29, 1.82) is 0 Å². The third kappa shape index (κ3) is 7.77. The number of aliphatic hydroxyl groups excluding tert-OH is 1. The lowest BCUT2D eigenvalue weighted by atomic mass is 10.0. The van der Waals surface area contributed by atoms with Crippen LogP contribution in [-0.2, 0) is 9.47 Å². The minimum atomic E-state index is -0.739. The van der Waals surface area contributed by atoms with Crippen molar-refractivity contribution >= 4 is 12.0 Å². The Hall–Kier alpha value is -2.52. The average Bonchev–Trinajstić information content (AvgIpc) is 3.13. The number of carbonyl (C=O) groups is 2. The lowest BCUT2D eigenvalue weighted by Crippen LogP contribution is -2.43. The SMILES string of the molecule is COCCCOc1cc(C(=O)N(C[C@@H]2CN(C(=O)OC(C)(C)C)C[C@@H]2O)C(C)C)ccc1OC. The van der Waals surface area contributed by atoms with Crippen LogP contribution in [0.2, 0.25) is 0 Å². The Kier molecular flexibility index (Phi) is 10.00. The van der Waals surface area contributed by atoms with Gasteiger partial charge in [-0.05, 0) is 52.8 Å². The normalized spacial score (nSPS) is 18.2. The van der Waals surface area contributed by atoms with Crippen LogP contribution in [0.1, 0.15) is 51.4 Å². The summed E-state index contributed by atoms with van der Waals surface area (Å²) in [7, 11) is 3.19. The summed E-state index contributed by atoms with van der Waals surface area (Å²) in [5, 5.41) is 10.6. The van der Waals surface area contributed by atoms with E-state index in [1.54, 1.807) is 58.1 Å². The van der Waals surface area contributed by atoms with E-state index in [-0.39, 0.29) is 24.4 Å². The Morgan fingerprint density at radius 1 is 1.15 bits per heavy atom. The lowest BCUT2D eigenvalue weighted by molar-refractivity contribution is 0.0269. The van der Waals surface area contributed by atoms with Crippen molar-refractivity contribution in [2.24, 2.45) is 5.92 Å². The Morgan fingerprint density at radius 3 is 2.44 bits per heavy atom. The smallest absolute Gasteiger partial charge is 0.410 e. The quantitative estimate of drug-likeness (QED) is 0.514. The number of β-amino-alcohol motifs (C(OH)–C–C–N with tert-alkyl or cyclic N) is 1. The van der Waals surface area contributed by atoms with Crippen LogP contribution >= 0.6 is 0 Å². The minimum absolute atomic E-state index is 0.108. The molecule has 9 heteroatoms. The van der Waals surface area contributed by atoms with E-state index in [0.717, 1.165) is 0 Å². The number of aliphatic hydroxyl groups is 1. The van der Waals surface area contributed by atoms with E-state index in [1.165, 1.54) is 4.90 Å². The fraction of sp³-hybridized carbons (Fsp3) is 0.680. The molecule has 1 saturated heterocycles. The highest BCUT2D eigenvalue weighted by Gasteiger charge is 2.38. The van der Waals surface area contributed by atoms with Gasteiger partial charge in [0.05, 0.1) is 26.4 Å². The largest absolute Gasteiger partial charge is 0.493 e. The van der Waals surface area contributed by atoms with Gasteiger partial charge in [0.1, 0.15) is 5.60 Å². The van der Waals surface area contributed by atoms with E-state index in [1.807, 2.05) is 13.8 Å². The molecule has 9 nitrogen and oxygen atoms in total. The van der Waals surface area contributed by atoms with Crippen molar-refractivity contribution in [1.82, 2.24) is 9.80 Å². The third-order valence-corrected chi connectivity index (χ3v) is 5.53. The van der Waals surface area contributed by atoms with Crippen molar-refractivity contribution in [2.45, 2.75) is 58.8 Å². The van der Waals surface area contributed by atoms with Gasteiger partial charge in [-0.25, -0.2) is 4.79 Å². The van der Waals surface area contributed by atoms with Crippen molar-refractivity contribution in [3.05, 3.63) is 23.8 Å². The maximum atomic E-state index is 13.4. The topological polar surface area (TPSA) is 97.8 Å². The summed E-state index contributed by atoms with van der Waals surface area (Å²) in [5.41, 5.74) is -0.148. The second-order valence-electron chi connectivity index (χ2n) is 9.82. The Bertz CT molecular complexity index is 822. The maximum Gasteiger partial charge on any atom is 0.410 e. The number of benzene rings is 1. The molecular weight excluding hydrogens is 440 g/mol. The molecule has 1 fully saturated rings. The van der Waals surface area contributed by atoms with Gasteiger partial charge in [-0.3, -0.25) is 4.79 Å². The van der Waals surface area contributed by atoms with Crippen LogP contribution in [0.15, 0.2) is 18.2 Å². The molecule has 0 spiro atoms. The van der Waals surface area contributed by atoms with Gasteiger partial charge in [0.15, 0.2) is 11.5 Å². The molecule has 0 radical (unpaired) electrons. The maximum absolute atomic E-state index is 13.4. The number of rotatable bonds is 10. The number of ether oxygens (including phenoxy) is 4. The molecule has 1 aromatic rings. The monoisotopic (exact) mass is 480 g/mol. The fourth-order valence-electron chi connectivity index (χ4n) is 3.76. The van der Waals surface area contributed by atoms with Crippen LogP contribution in [0, 0.1) is 5.92 Å². The molecule has 2 atom stereocenters. The third-order valence-electron chi connectivity index (χ3n) is 5.53. The first kappa shape index (κ1) is 27.7. The Labute approximate surface area is 202 Å². The van der Waals surface area contributed by atoms with Gasteiger partial charge in [-0.1, -0.05) is 0 Å². The highest BCUT2D eigenvalue weighted by Crippen LogP contribution is 2.30. The van der Waals surface area contributed by atoms with Crippen LogP contribution in [0.5, 0.6) is 11.5 Å². The van der Waals surface area contributed by atoms with Crippen LogP contribution in [0.3, 0.4) is 0 Å². The first-order chi connectivity index (χ1) is 16.0. The van der Waals surface area contributed by atoms with E-state index in [4.69, 9.17) is 18.9 Å². The van der Waals surface area contributed by atoms with E-state index >= 15 is 0 Å². The second-order valence-corrected chi connectivity index (χ2v) is 9.82. The van der Waals surface area contributed by atoms with E-state index in [9.17, 15) is 14.7 Å². The molecular formula is C25H40N2O7. The lowest BCUT2D eigenvalue weighted by Gasteiger charge is -2.30. The molecule has 1 aliphatic heterocycles. The van der Waals surface area contributed by atoms with Crippen LogP contribution in [-0.4, -0.2) is 91.7 Å². The first-order valence-electron chi connectivity index (χ1n) is 11.7. The van der Waals surface area contributed by atoms with Gasteiger partial charge in [0.2, 0.25) is 0 Å². The molecule has 192 valence electrons. The second kappa shape index (κ2) is 12.3. The minimum Gasteiger partial charge on any atom is -0.493 e. The van der Waals surface area contributed by atoms with E-state index < -0.39 is 17.8 Å². The molecule has 0 saturated carbocycles. The predicted octanol–water partition coefficient (Wildman–Crippen LogP) is 3.19. The zero-order valence-electron chi connectivity index (χ0n) is 21.5. The molecule has 0 aliphatic carbocycles. The standard InChI is InChI=1S/C25H40N2O7/c1-17(2)27(15-19-14-26(16-20(19)28)24(30)34-25(3,4)5)23(29)18-9-10-21(32-7)22(13-18)33-12-8-11-31-6/h9-10,13,17,19-20,28H,8,11-12,14-16H2,1-7H3/t19-,20-/m0/s1. The van der Waals surface area contributed by atoms with Crippen molar-refractivity contribution in [3.8, 4) is 11.5 Å². The summed E-state index contributed by atoms with van der Waals surface area (Å²) in [4.78, 5) is 29.1. The van der Waals surface area contributed by atoms with Crippen LogP contribution in [0.25, 0.3) is 0 Å². The molecule has 0 aromatic heterocycles. The number of likely N-dealkylation sites (tertiary alicyclic amines) is 1. The molecule has 0 bridgehead atoms. The van der Waals surface area contributed by atoms with Gasteiger partial charge in [-0.2, -0.15) is 0 Å². The van der Waals surface area contributed by atoms with Crippen LogP contribution in [0.4, 0.5) is 4.79 Å². The van der Waals surface area contributed by atoms with Crippen molar-refractivity contribution in [2.75, 3.05) is 47.1 Å². The van der Waals surface area contributed by atoms with Gasteiger partial charge >= 0.3 is 6.09 Å². The van der Waals surface area contributed by atoms with Gasteiger partial charge in [0, 0.05) is 50.8 Å². The number of carbonyl (C=O) groups excluding carboxylic acids is 2. The highest BCUT2D eigenvalue weighted by molar-refractivity contribution is 5.95. The molecule has 34 heavy (non-hydrogen) atoms. The van der Waals surface area contributed by atoms with Crippen LogP contribution < -0.4 is 9.47 Å². The summed E-state index contributed by atoms with van der Waals surface area (Å²) < 4.78 is 21.7. The molecule has 2 amide bonds. The predicted molar refractivity (Wildman–Crippen MR) is 128 cm³/mol. The zero-order chi connectivity index (χ0) is 25.5. The fourth-order valence-corrected chi connectivity index (χ4v) is 3.76. The van der Waals surface area contributed by atoms with Crippen molar-refractivity contribution in [3.63, 3.8) is 0 Å². The summed E-state index contributed by atoms with van der Waals surface area (Å²) in [6.45, 7) is 11.1. The number of amides is 2. The van der Waals surface area contributed by atoms with E-state index in [2.05, 4.69) is 0 Å². The highest BCUT2D eigenvalue weighted by atomic mass is 16.6. The van der Waals surface area contributed by atoms with E-state index in [0.29, 0.717) is 49.8 Å². The number of hydrogen-bond acceptors (Lipinski definition) is 7. The Morgan fingerprint density at radius 2 is 1.85 bits per heavy atom. The molecule has 1 aliphatic rings. The van der Waals surface area contributed by atoms with Crippen molar-refractivity contribution < 1.29 is 33.6 Å². The van der Waals surface area contributed by atoms with Gasteiger partial charge < -0.3 is 33.9 Å². The first-order valence-corrected chi connectivity index (χ1v) is 11.7. The molecule has 1 heterocycles. The number of methoxy groups -OCH3 is 2. The number of hydrogen-bond donors (Lipinski definition) is 1. The summed E-state index contributed by atoms with van der Waals surface area (Å²) in [6, 6.07) is 4.99. The average molecular weight is 481 g/mol. The Balaban J connectivity index is 2.13.